The van der Waals surface area contributed by atoms with Gasteiger partial charge in [0.05, 0.1) is 24.4 Å². The Hall–Kier alpha value is -0.680. The summed E-state index contributed by atoms with van der Waals surface area (Å²) in [6, 6.07) is 0. The van der Waals surface area contributed by atoms with Gasteiger partial charge in [-0.1, -0.05) is 12.2 Å². The Balaban J connectivity index is 2.17. The van der Waals surface area contributed by atoms with Gasteiger partial charge >= 0.3 is 0 Å². The first-order valence-electron chi connectivity index (χ1n) is 6.90. The van der Waals surface area contributed by atoms with E-state index in [2.05, 4.69) is 13.2 Å². The monoisotopic (exact) mass is 268 g/mol. The molecule has 0 saturated heterocycles. The molecule has 0 aliphatic heterocycles. The second-order valence-corrected chi connectivity index (χ2v) is 6.21. The predicted molar refractivity (Wildman–Crippen MR) is 72.3 cm³/mol. The van der Waals surface area contributed by atoms with Crippen LogP contribution in [-0.2, 0) is 0 Å². The highest BCUT2D eigenvalue weighted by Crippen LogP contribution is 2.50. The average molecular weight is 268 g/mol. The number of rotatable bonds is 2. The molecule has 2 fully saturated rings. The van der Waals surface area contributed by atoms with Crippen LogP contribution in [0.15, 0.2) is 25.3 Å². The first-order valence-corrected chi connectivity index (χ1v) is 6.90. The molecule has 4 N–H and O–H groups in total. The Bertz CT molecular complexity index is 293. The summed E-state index contributed by atoms with van der Waals surface area (Å²) in [6.45, 7) is 7.28. The summed E-state index contributed by atoms with van der Waals surface area (Å²) >= 11 is 0. The topological polar surface area (TPSA) is 80.9 Å². The van der Waals surface area contributed by atoms with Crippen molar-refractivity contribution in [2.45, 2.75) is 50.1 Å². The van der Waals surface area contributed by atoms with E-state index in [1.165, 1.54) is 0 Å². The van der Waals surface area contributed by atoms with E-state index in [4.69, 9.17) is 0 Å². The van der Waals surface area contributed by atoms with Crippen molar-refractivity contribution in [3.63, 3.8) is 0 Å². The zero-order chi connectivity index (χ0) is 14.2. The molecule has 0 aromatic heterocycles. The zero-order valence-corrected chi connectivity index (χ0v) is 11.2. The molecule has 0 bridgehead atoms. The maximum absolute atomic E-state index is 10.1. The first kappa shape index (κ1) is 14.7. The summed E-state index contributed by atoms with van der Waals surface area (Å²) in [6.07, 6.45) is 2.45. The van der Waals surface area contributed by atoms with Crippen molar-refractivity contribution in [3.8, 4) is 0 Å². The largest absolute Gasteiger partial charge is 0.392 e. The fraction of sp³-hybridized carbons (Fsp3) is 0.733. The Labute approximate surface area is 114 Å². The molecule has 108 valence electrons. The normalized spacial score (nSPS) is 50.9. The van der Waals surface area contributed by atoms with Crippen LogP contribution in [0.4, 0.5) is 0 Å². The molecule has 2 rings (SSSR count). The van der Waals surface area contributed by atoms with Crippen molar-refractivity contribution >= 4 is 0 Å². The van der Waals surface area contributed by atoms with Crippen molar-refractivity contribution in [1.82, 2.24) is 0 Å². The van der Waals surface area contributed by atoms with Crippen LogP contribution in [0.3, 0.4) is 0 Å². The van der Waals surface area contributed by atoms with Gasteiger partial charge in [0.15, 0.2) is 0 Å². The molecule has 0 amide bonds. The molecule has 19 heavy (non-hydrogen) atoms. The molecule has 2 aliphatic rings. The minimum atomic E-state index is -0.666. The quantitative estimate of drug-likeness (QED) is 0.553. The lowest BCUT2D eigenvalue weighted by Gasteiger charge is -2.51. The van der Waals surface area contributed by atoms with Crippen molar-refractivity contribution in [2.24, 2.45) is 17.3 Å². The standard InChI is InChI=1S/C15H24O4/c1-3-9-11(16)5-15(6-12(9)17)7-13(18)10(4-2)14(19)8-15/h3-4,9-14,16-19H,1-2,5-8H2. The summed E-state index contributed by atoms with van der Waals surface area (Å²) in [5, 5.41) is 40.6. The van der Waals surface area contributed by atoms with E-state index in [1.807, 2.05) is 0 Å². The fourth-order valence-corrected chi connectivity index (χ4v) is 3.96. The van der Waals surface area contributed by atoms with Crippen LogP contribution in [0.25, 0.3) is 0 Å². The summed E-state index contributed by atoms with van der Waals surface area (Å²) in [5.74, 6) is -0.644. The second kappa shape index (κ2) is 5.37. The van der Waals surface area contributed by atoms with Crippen molar-refractivity contribution in [3.05, 3.63) is 25.3 Å². The maximum Gasteiger partial charge on any atom is 0.0632 e. The predicted octanol–water partition coefficient (Wildman–Crippen LogP) is 0.608. The molecule has 2 saturated carbocycles. The lowest BCUT2D eigenvalue weighted by molar-refractivity contribution is -0.127. The minimum absolute atomic E-state index is 0.322. The summed E-state index contributed by atoms with van der Waals surface area (Å²) < 4.78 is 0. The molecule has 4 unspecified atom stereocenters. The highest BCUT2D eigenvalue weighted by atomic mass is 16.3. The van der Waals surface area contributed by atoms with Gasteiger partial charge < -0.3 is 20.4 Å². The Morgan fingerprint density at radius 2 is 0.947 bits per heavy atom. The van der Waals surface area contributed by atoms with Crippen LogP contribution in [-0.4, -0.2) is 44.8 Å². The van der Waals surface area contributed by atoms with Crippen molar-refractivity contribution in [2.75, 3.05) is 0 Å². The third-order valence-corrected chi connectivity index (χ3v) is 4.89. The molecule has 0 radical (unpaired) electrons. The van der Waals surface area contributed by atoms with Gasteiger partial charge in [-0.15, -0.1) is 13.2 Å². The van der Waals surface area contributed by atoms with Crippen LogP contribution < -0.4 is 0 Å². The second-order valence-electron chi connectivity index (χ2n) is 6.21. The molecule has 4 nitrogen and oxygen atoms in total. The molecular weight excluding hydrogens is 244 g/mol. The van der Waals surface area contributed by atoms with Crippen LogP contribution >= 0.6 is 0 Å². The van der Waals surface area contributed by atoms with E-state index in [0.29, 0.717) is 25.7 Å². The van der Waals surface area contributed by atoms with Crippen LogP contribution in [0, 0.1) is 17.3 Å². The van der Waals surface area contributed by atoms with E-state index in [9.17, 15) is 20.4 Å². The van der Waals surface area contributed by atoms with Crippen LogP contribution in [0.1, 0.15) is 25.7 Å². The van der Waals surface area contributed by atoms with Crippen LogP contribution in [0.5, 0.6) is 0 Å². The Kier molecular flexibility index (Phi) is 4.16. The fourth-order valence-electron chi connectivity index (χ4n) is 3.96. The van der Waals surface area contributed by atoms with Crippen molar-refractivity contribution < 1.29 is 20.4 Å². The minimum Gasteiger partial charge on any atom is -0.392 e. The number of hydrogen-bond acceptors (Lipinski definition) is 4. The third-order valence-electron chi connectivity index (χ3n) is 4.89. The molecule has 2 aliphatic carbocycles. The van der Waals surface area contributed by atoms with Gasteiger partial charge in [-0.2, -0.15) is 0 Å². The number of aliphatic hydroxyl groups is 4. The summed E-state index contributed by atoms with van der Waals surface area (Å²) in [4.78, 5) is 0. The van der Waals surface area contributed by atoms with Gasteiger partial charge in [-0.25, -0.2) is 0 Å². The molecule has 4 heteroatoms. The molecule has 0 aromatic rings. The molecule has 0 aromatic carbocycles. The number of hydrogen-bond donors (Lipinski definition) is 4. The van der Waals surface area contributed by atoms with Gasteiger partial charge in [0, 0.05) is 11.8 Å². The van der Waals surface area contributed by atoms with Gasteiger partial charge in [0.1, 0.15) is 0 Å². The molecule has 4 atom stereocenters. The average Bonchev–Trinajstić information content (AvgIpc) is 2.27. The van der Waals surface area contributed by atoms with E-state index in [1.54, 1.807) is 12.2 Å². The summed E-state index contributed by atoms with van der Waals surface area (Å²) in [7, 11) is 0. The van der Waals surface area contributed by atoms with Gasteiger partial charge in [-0.05, 0) is 31.1 Å². The zero-order valence-electron chi connectivity index (χ0n) is 11.2. The van der Waals surface area contributed by atoms with Crippen molar-refractivity contribution in [1.29, 1.82) is 0 Å². The molecule has 0 heterocycles. The third kappa shape index (κ3) is 2.63. The highest BCUT2D eigenvalue weighted by molar-refractivity contribution is 5.07. The van der Waals surface area contributed by atoms with Gasteiger partial charge in [0.2, 0.25) is 0 Å². The van der Waals surface area contributed by atoms with E-state index in [0.717, 1.165) is 0 Å². The summed E-state index contributed by atoms with van der Waals surface area (Å²) in [5.41, 5.74) is -0.392. The van der Waals surface area contributed by atoms with Gasteiger partial charge in [-0.3, -0.25) is 0 Å². The number of aliphatic hydroxyl groups excluding tert-OH is 4. The maximum atomic E-state index is 10.1. The smallest absolute Gasteiger partial charge is 0.0632 e. The molecule has 1 spiro atoms. The SMILES string of the molecule is C=CC1C(O)CC2(CC1O)CC(O)C(C=C)C(O)C2. The van der Waals surface area contributed by atoms with E-state index >= 15 is 0 Å². The van der Waals surface area contributed by atoms with Crippen LogP contribution in [0.2, 0.25) is 0 Å². The Morgan fingerprint density at radius 1 is 0.684 bits per heavy atom. The molecular formula is C15H24O4. The lowest BCUT2D eigenvalue weighted by Crippen LogP contribution is -2.52. The first-order chi connectivity index (χ1) is 8.92. The van der Waals surface area contributed by atoms with Gasteiger partial charge in [0.25, 0.3) is 0 Å². The van der Waals surface area contributed by atoms with E-state index in [-0.39, 0.29) is 11.8 Å². The van der Waals surface area contributed by atoms with E-state index < -0.39 is 29.8 Å². The lowest BCUT2D eigenvalue weighted by atomic mass is 9.58. The Morgan fingerprint density at radius 3 is 1.16 bits per heavy atom. The highest BCUT2D eigenvalue weighted by Gasteiger charge is 2.50.